The number of halogens is 2. The lowest BCUT2D eigenvalue weighted by atomic mass is 10.2. The molecule has 0 fully saturated rings. The first-order valence-corrected chi connectivity index (χ1v) is 6.31. The van der Waals surface area contributed by atoms with Gasteiger partial charge in [0.25, 0.3) is 0 Å². The van der Waals surface area contributed by atoms with Crippen LogP contribution in [-0.4, -0.2) is 7.11 Å². The molecule has 0 aliphatic carbocycles. The van der Waals surface area contributed by atoms with Crippen molar-refractivity contribution in [3.05, 3.63) is 58.3 Å². The molecule has 0 heterocycles. The minimum atomic E-state index is -0.270. The van der Waals surface area contributed by atoms with E-state index < -0.39 is 0 Å². The molecule has 0 atom stereocenters. The van der Waals surface area contributed by atoms with Gasteiger partial charge in [0.15, 0.2) is 0 Å². The first-order chi connectivity index (χ1) is 8.70. The Balaban J connectivity index is 2.14. The minimum Gasteiger partial charge on any atom is -0.496 e. The van der Waals surface area contributed by atoms with Gasteiger partial charge in [-0.3, -0.25) is 0 Å². The number of nitrogens with one attached hydrogen (secondary N) is 1. The summed E-state index contributed by atoms with van der Waals surface area (Å²) in [6, 6.07) is 12.5. The van der Waals surface area contributed by atoms with Crippen molar-refractivity contribution in [1.82, 2.24) is 0 Å². The Morgan fingerprint density at radius 3 is 2.78 bits per heavy atom. The third kappa shape index (κ3) is 3.01. The van der Waals surface area contributed by atoms with Crippen LogP contribution in [0.2, 0.25) is 0 Å². The van der Waals surface area contributed by atoms with E-state index in [1.165, 1.54) is 6.07 Å². The van der Waals surface area contributed by atoms with E-state index in [0.29, 0.717) is 12.2 Å². The minimum absolute atomic E-state index is 0.270. The van der Waals surface area contributed by atoms with E-state index in [4.69, 9.17) is 4.74 Å². The summed E-state index contributed by atoms with van der Waals surface area (Å²) in [5.41, 5.74) is 1.45. The zero-order chi connectivity index (χ0) is 13.0. The highest BCUT2D eigenvalue weighted by atomic mass is 79.9. The second-order valence-electron chi connectivity index (χ2n) is 3.79. The second-order valence-corrected chi connectivity index (χ2v) is 4.71. The Labute approximate surface area is 114 Å². The largest absolute Gasteiger partial charge is 0.496 e. The normalized spacial score (nSPS) is 10.2. The zero-order valence-electron chi connectivity index (χ0n) is 9.91. The number of hydrogen-bond acceptors (Lipinski definition) is 2. The lowest BCUT2D eigenvalue weighted by Crippen LogP contribution is -2.03. The first-order valence-electron chi connectivity index (χ1n) is 5.51. The summed E-state index contributed by atoms with van der Waals surface area (Å²) >= 11 is 3.32. The van der Waals surface area contributed by atoms with Crippen molar-refractivity contribution >= 4 is 21.6 Å². The quantitative estimate of drug-likeness (QED) is 0.913. The van der Waals surface area contributed by atoms with E-state index in [9.17, 15) is 4.39 Å². The molecule has 0 aliphatic rings. The number of anilines is 1. The fourth-order valence-electron chi connectivity index (χ4n) is 1.67. The van der Waals surface area contributed by atoms with E-state index in [2.05, 4.69) is 21.2 Å². The average Bonchev–Trinajstić information content (AvgIpc) is 2.40. The van der Waals surface area contributed by atoms with Crippen LogP contribution in [0.4, 0.5) is 10.1 Å². The predicted octanol–water partition coefficient (Wildman–Crippen LogP) is 4.21. The van der Waals surface area contributed by atoms with Gasteiger partial charge >= 0.3 is 0 Å². The smallest absolute Gasteiger partial charge is 0.146 e. The van der Waals surface area contributed by atoms with Crippen molar-refractivity contribution < 1.29 is 9.13 Å². The summed E-state index contributed by atoms with van der Waals surface area (Å²) in [5.74, 6) is 0.522. The highest BCUT2D eigenvalue weighted by molar-refractivity contribution is 9.10. The van der Waals surface area contributed by atoms with Crippen molar-refractivity contribution in [3.63, 3.8) is 0 Å². The highest BCUT2D eigenvalue weighted by Gasteiger charge is 2.05. The van der Waals surface area contributed by atoms with E-state index in [0.717, 1.165) is 15.8 Å². The van der Waals surface area contributed by atoms with Gasteiger partial charge in [-0.1, -0.05) is 34.1 Å². The standard InChI is InChI=1S/C14H13BrFNO/c1-18-14-5-3-2-4-10(14)9-17-13-8-11(15)6-7-12(13)16/h2-8,17H,9H2,1H3. The van der Waals surface area contributed by atoms with Gasteiger partial charge in [-0.05, 0) is 24.3 Å². The maximum absolute atomic E-state index is 13.5. The topological polar surface area (TPSA) is 21.3 Å². The van der Waals surface area contributed by atoms with Crippen LogP contribution in [0.15, 0.2) is 46.9 Å². The molecule has 0 saturated heterocycles. The summed E-state index contributed by atoms with van der Waals surface area (Å²) in [6.07, 6.45) is 0. The summed E-state index contributed by atoms with van der Waals surface area (Å²) in [4.78, 5) is 0. The van der Waals surface area contributed by atoms with Crippen molar-refractivity contribution in [2.24, 2.45) is 0 Å². The van der Waals surface area contributed by atoms with Crippen LogP contribution in [0.25, 0.3) is 0 Å². The zero-order valence-corrected chi connectivity index (χ0v) is 11.5. The summed E-state index contributed by atoms with van der Waals surface area (Å²) in [5, 5.41) is 3.06. The van der Waals surface area contributed by atoms with Gasteiger partial charge in [-0.2, -0.15) is 0 Å². The van der Waals surface area contributed by atoms with E-state index in [-0.39, 0.29) is 5.82 Å². The van der Waals surface area contributed by atoms with Crippen LogP contribution in [0.3, 0.4) is 0 Å². The van der Waals surface area contributed by atoms with Gasteiger partial charge in [0.05, 0.1) is 12.8 Å². The van der Waals surface area contributed by atoms with Gasteiger partial charge in [0.2, 0.25) is 0 Å². The number of ether oxygens (including phenoxy) is 1. The van der Waals surface area contributed by atoms with E-state index >= 15 is 0 Å². The highest BCUT2D eigenvalue weighted by Crippen LogP contribution is 2.23. The summed E-state index contributed by atoms with van der Waals surface area (Å²) in [7, 11) is 1.62. The maximum Gasteiger partial charge on any atom is 0.146 e. The molecule has 18 heavy (non-hydrogen) atoms. The second kappa shape index (κ2) is 5.87. The van der Waals surface area contributed by atoms with Crippen molar-refractivity contribution in [2.45, 2.75) is 6.54 Å². The molecule has 2 aromatic carbocycles. The van der Waals surface area contributed by atoms with Gasteiger partial charge in [-0.15, -0.1) is 0 Å². The number of methoxy groups -OCH3 is 1. The number of benzene rings is 2. The molecule has 2 nitrogen and oxygen atoms in total. The molecule has 94 valence electrons. The Morgan fingerprint density at radius 2 is 2.00 bits per heavy atom. The Kier molecular flexibility index (Phi) is 4.20. The maximum atomic E-state index is 13.5. The molecule has 0 spiro atoms. The molecular weight excluding hydrogens is 297 g/mol. The Hall–Kier alpha value is -1.55. The van der Waals surface area contributed by atoms with Crippen LogP contribution < -0.4 is 10.1 Å². The average molecular weight is 310 g/mol. The molecule has 2 aromatic rings. The van der Waals surface area contributed by atoms with Gasteiger partial charge in [0, 0.05) is 16.6 Å². The fourth-order valence-corrected chi connectivity index (χ4v) is 2.03. The molecule has 0 aromatic heterocycles. The third-order valence-corrected chi connectivity index (χ3v) is 3.08. The van der Waals surface area contributed by atoms with Gasteiger partial charge in [0.1, 0.15) is 11.6 Å². The Bertz CT molecular complexity index is 545. The third-order valence-electron chi connectivity index (χ3n) is 2.59. The van der Waals surface area contributed by atoms with Crippen LogP contribution in [0, 0.1) is 5.82 Å². The molecule has 2 rings (SSSR count). The first kappa shape index (κ1) is 12.9. The predicted molar refractivity (Wildman–Crippen MR) is 74.4 cm³/mol. The molecule has 0 unspecified atom stereocenters. The lowest BCUT2D eigenvalue weighted by Gasteiger charge is -2.11. The van der Waals surface area contributed by atoms with E-state index in [1.807, 2.05) is 24.3 Å². The van der Waals surface area contributed by atoms with Gasteiger partial charge < -0.3 is 10.1 Å². The molecule has 0 bridgehead atoms. The molecule has 0 aliphatic heterocycles. The van der Waals surface area contributed by atoms with Crippen LogP contribution in [0.1, 0.15) is 5.56 Å². The SMILES string of the molecule is COc1ccccc1CNc1cc(Br)ccc1F. The van der Waals surface area contributed by atoms with Crippen molar-refractivity contribution in [3.8, 4) is 5.75 Å². The lowest BCUT2D eigenvalue weighted by molar-refractivity contribution is 0.410. The number of rotatable bonds is 4. The molecule has 0 saturated carbocycles. The van der Waals surface area contributed by atoms with Crippen LogP contribution in [0.5, 0.6) is 5.75 Å². The van der Waals surface area contributed by atoms with Crippen LogP contribution in [-0.2, 0) is 6.54 Å². The monoisotopic (exact) mass is 309 g/mol. The molecule has 1 N–H and O–H groups in total. The Morgan fingerprint density at radius 1 is 1.22 bits per heavy atom. The fraction of sp³-hybridized carbons (Fsp3) is 0.143. The molecular formula is C14H13BrFNO. The molecule has 0 amide bonds. The molecule has 0 radical (unpaired) electrons. The molecule has 4 heteroatoms. The summed E-state index contributed by atoms with van der Waals surface area (Å²) < 4.78 is 19.6. The van der Waals surface area contributed by atoms with Crippen molar-refractivity contribution in [1.29, 1.82) is 0 Å². The van der Waals surface area contributed by atoms with Crippen LogP contribution >= 0.6 is 15.9 Å². The van der Waals surface area contributed by atoms with E-state index in [1.54, 1.807) is 19.2 Å². The van der Waals surface area contributed by atoms with Gasteiger partial charge in [-0.25, -0.2) is 4.39 Å². The van der Waals surface area contributed by atoms with Crippen molar-refractivity contribution in [2.75, 3.05) is 12.4 Å². The number of para-hydroxylation sites is 1. The summed E-state index contributed by atoms with van der Waals surface area (Å²) in [6.45, 7) is 0.511. The number of hydrogen-bond donors (Lipinski definition) is 1.